The van der Waals surface area contributed by atoms with Crippen LogP contribution in [-0.2, 0) is 0 Å². The number of furan rings is 1. The minimum atomic E-state index is 0.269. The molecule has 2 rings (SSSR count). The van der Waals surface area contributed by atoms with Crippen molar-refractivity contribution in [2.45, 2.75) is 0 Å². The number of hydrogen-bond donors (Lipinski definition) is 0. The molecule has 3 heteroatoms. The number of nitrogens with zero attached hydrogens (tertiary/aromatic N) is 2. The van der Waals surface area contributed by atoms with Crippen LogP contribution in [0.4, 0.5) is 0 Å². The Morgan fingerprint density at radius 3 is 2.62 bits per heavy atom. The van der Waals surface area contributed by atoms with Gasteiger partial charge in [0.1, 0.15) is 11.7 Å². The molecule has 0 radical (unpaired) electrons. The Bertz CT molecular complexity index is 528. The summed E-state index contributed by atoms with van der Waals surface area (Å²) in [6.07, 6.45) is 0. The molecule has 0 bridgehead atoms. The Hall–Kier alpha value is -2.26. The molecule has 3 nitrogen and oxygen atoms in total. The topological polar surface area (TPSA) is 60.7 Å². The highest BCUT2D eigenvalue weighted by Gasteiger charge is 2.02. The SMILES string of the molecule is N#Cc1ccc2oc(C#N)cc2c1. The van der Waals surface area contributed by atoms with Crippen LogP contribution in [0.1, 0.15) is 11.3 Å². The standard InChI is InChI=1S/C10H4N2O/c11-5-7-1-2-10-8(3-7)4-9(6-12)13-10/h1-4H. The third kappa shape index (κ3) is 1.13. The van der Waals surface area contributed by atoms with Crippen molar-refractivity contribution in [3.8, 4) is 12.1 Å². The predicted octanol–water partition coefficient (Wildman–Crippen LogP) is 2.18. The van der Waals surface area contributed by atoms with Crippen molar-refractivity contribution >= 4 is 11.0 Å². The molecule has 1 aromatic heterocycles. The number of benzene rings is 1. The van der Waals surface area contributed by atoms with E-state index in [1.165, 1.54) is 0 Å². The quantitative estimate of drug-likeness (QED) is 0.605. The first-order valence-corrected chi connectivity index (χ1v) is 3.67. The summed E-state index contributed by atoms with van der Waals surface area (Å²) in [5.74, 6) is 0.269. The van der Waals surface area contributed by atoms with E-state index in [0.717, 1.165) is 5.39 Å². The Balaban J connectivity index is 2.74. The van der Waals surface area contributed by atoms with E-state index in [0.29, 0.717) is 11.1 Å². The van der Waals surface area contributed by atoms with Gasteiger partial charge in [-0.1, -0.05) is 0 Å². The molecule has 0 aliphatic rings. The minimum Gasteiger partial charge on any atom is -0.446 e. The van der Waals surface area contributed by atoms with Crippen LogP contribution in [0.3, 0.4) is 0 Å². The summed E-state index contributed by atoms with van der Waals surface area (Å²) in [5, 5.41) is 18.0. The van der Waals surface area contributed by atoms with Crippen molar-refractivity contribution in [1.29, 1.82) is 10.5 Å². The number of hydrogen-bond acceptors (Lipinski definition) is 3. The van der Waals surface area contributed by atoms with Gasteiger partial charge in [0.05, 0.1) is 11.6 Å². The van der Waals surface area contributed by atoms with Gasteiger partial charge in [0, 0.05) is 11.5 Å². The molecule has 0 atom stereocenters. The zero-order valence-electron chi connectivity index (χ0n) is 6.61. The fourth-order valence-electron chi connectivity index (χ4n) is 1.17. The van der Waals surface area contributed by atoms with Gasteiger partial charge in [-0.15, -0.1) is 0 Å². The molecular formula is C10H4N2O. The molecule has 0 spiro atoms. The highest BCUT2D eigenvalue weighted by molar-refractivity contribution is 5.80. The van der Waals surface area contributed by atoms with Gasteiger partial charge < -0.3 is 4.42 Å². The van der Waals surface area contributed by atoms with E-state index in [2.05, 4.69) is 0 Å². The largest absolute Gasteiger partial charge is 0.446 e. The van der Waals surface area contributed by atoms with Crippen LogP contribution in [0.25, 0.3) is 11.0 Å². The first kappa shape index (κ1) is 7.39. The number of fused-ring (bicyclic) bond motifs is 1. The van der Waals surface area contributed by atoms with E-state index in [9.17, 15) is 0 Å². The average Bonchev–Trinajstić information content (AvgIpc) is 2.58. The first-order valence-electron chi connectivity index (χ1n) is 3.67. The molecule has 0 aliphatic heterocycles. The van der Waals surface area contributed by atoms with E-state index in [4.69, 9.17) is 14.9 Å². The lowest BCUT2D eigenvalue weighted by atomic mass is 10.2. The molecule has 0 fully saturated rings. The molecular weight excluding hydrogens is 164 g/mol. The molecule has 60 valence electrons. The third-order valence-corrected chi connectivity index (χ3v) is 1.76. The van der Waals surface area contributed by atoms with E-state index in [1.807, 2.05) is 12.1 Å². The molecule has 0 aliphatic carbocycles. The summed E-state index contributed by atoms with van der Waals surface area (Å²) in [7, 11) is 0. The number of nitriles is 2. The molecule has 0 unspecified atom stereocenters. The lowest BCUT2D eigenvalue weighted by molar-refractivity contribution is 0.599. The van der Waals surface area contributed by atoms with E-state index >= 15 is 0 Å². The first-order chi connectivity index (χ1) is 6.33. The van der Waals surface area contributed by atoms with Crippen LogP contribution < -0.4 is 0 Å². The summed E-state index contributed by atoms with van der Waals surface area (Å²) in [5.41, 5.74) is 1.20. The van der Waals surface area contributed by atoms with Gasteiger partial charge in [-0.2, -0.15) is 10.5 Å². The van der Waals surface area contributed by atoms with E-state index < -0.39 is 0 Å². The number of rotatable bonds is 0. The van der Waals surface area contributed by atoms with Crippen LogP contribution in [-0.4, -0.2) is 0 Å². The molecule has 13 heavy (non-hydrogen) atoms. The van der Waals surface area contributed by atoms with E-state index in [-0.39, 0.29) is 5.76 Å². The van der Waals surface area contributed by atoms with Crippen molar-refractivity contribution in [1.82, 2.24) is 0 Å². The van der Waals surface area contributed by atoms with Gasteiger partial charge in [0.15, 0.2) is 0 Å². The van der Waals surface area contributed by atoms with Gasteiger partial charge in [-0.3, -0.25) is 0 Å². The monoisotopic (exact) mass is 168 g/mol. The predicted molar refractivity (Wildman–Crippen MR) is 45.6 cm³/mol. The van der Waals surface area contributed by atoms with Crippen LogP contribution in [0, 0.1) is 22.7 Å². The summed E-state index contributed by atoms with van der Waals surface area (Å²) in [4.78, 5) is 0. The minimum absolute atomic E-state index is 0.269. The van der Waals surface area contributed by atoms with Crippen molar-refractivity contribution in [2.75, 3.05) is 0 Å². The maximum atomic E-state index is 8.62. The van der Waals surface area contributed by atoms with Gasteiger partial charge >= 0.3 is 0 Å². The van der Waals surface area contributed by atoms with Crippen LogP contribution in [0.5, 0.6) is 0 Å². The third-order valence-electron chi connectivity index (χ3n) is 1.76. The summed E-state index contributed by atoms with van der Waals surface area (Å²) < 4.78 is 5.15. The molecule has 0 saturated carbocycles. The summed E-state index contributed by atoms with van der Waals surface area (Å²) >= 11 is 0. The molecule has 1 heterocycles. The summed E-state index contributed by atoms with van der Waals surface area (Å²) in [6.45, 7) is 0. The van der Waals surface area contributed by atoms with Crippen LogP contribution in [0.2, 0.25) is 0 Å². The van der Waals surface area contributed by atoms with Gasteiger partial charge in [0.2, 0.25) is 5.76 Å². The van der Waals surface area contributed by atoms with Crippen molar-refractivity contribution < 1.29 is 4.42 Å². The van der Waals surface area contributed by atoms with Gasteiger partial charge in [0.25, 0.3) is 0 Å². The average molecular weight is 168 g/mol. The highest BCUT2D eigenvalue weighted by Crippen LogP contribution is 2.19. The zero-order valence-corrected chi connectivity index (χ0v) is 6.61. The maximum absolute atomic E-state index is 8.62. The van der Waals surface area contributed by atoms with Crippen LogP contribution in [0.15, 0.2) is 28.7 Å². The Labute approximate surface area is 74.4 Å². The van der Waals surface area contributed by atoms with Gasteiger partial charge in [-0.05, 0) is 18.2 Å². The second kappa shape index (κ2) is 2.66. The molecule has 0 N–H and O–H groups in total. The second-order valence-electron chi connectivity index (χ2n) is 2.59. The Morgan fingerprint density at radius 2 is 1.92 bits per heavy atom. The molecule has 0 amide bonds. The smallest absolute Gasteiger partial charge is 0.204 e. The Kier molecular flexibility index (Phi) is 1.51. The molecule has 2 aromatic rings. The highest BCUT2D eigenvalue weighted by atomic mass is 16.3. The second-order valence-corrected chi connectivity index (χ2v) is 2.59. The fourth-order valence-corrected chi connectivity index (χ4v) is 1.17. The van der Waals surface area contributed by atoms with Crippen molar-refractivity contribution in [3.05, 3.63) is 35.6 Å². The lowest BCUT2D eigenvalue weighted by Crippen LogP contribution is -1.70. The zero-order chi connectivity index (χ0) is 9.26. The molecule has 0 saturated heterocycles. The van der Waals surface area contributed by atoms with Crippen LogP contribution >= 0.6 is 0 Å². The fraction of sp³-hybridized carbons (Fsp3) is 0. The molecule has 1 aromatic carbocycles. The van der Waals surface area contributed by atoms with Crippen molar-refractivity contribution in [3.63, 3.8) is 0 Å². The Morgan fingerprint density at radius 1 is 1.08 bits per heavy atom. The lowest BCUT2D eigenvalue weighted by Gasteiger charge is -1.86. The summed E-state index contributed by atoms with van der Waals surface area (Å²) in [6, 6.07) is 10.6. The van der Waals surface area contributed by atoms with Crippen molar-refractivity contribution in [2.24, 2.45) is 0 Å². The maximum Gasteiger partial charge on any atom is 0.204 e. The van der Waals surface area contributed by atoms with Gasteiger partial charge in [-0.25, -0.2) is 0 Å². The normalized spacial score (nSPS) is 9.38. The van der Waals surface area contributed by atoms with E-state index in [1.54, 1.807) is 24.3 Å².